The Labute approximate surface area is 311 Å². The van der Waals surface area contributed by atoms with Gasteiger partial charge in [-0.25, -0.2) is 0 Å². The third-order valence-corrected chi connectivity index (χ3v) is 7.95. The molecule has 0 atom stereocenters. The molecular weight excluding hydrogens is 687 g/mol. The Balaban J connectivity index is -0.000000347. The summed E-state index contributed by atoms with van der Waals surface area (Å²) in [7, 11) is 0. The van der Waals surface area contributed by atoms with Gasteiger partial charge in [0, 0.05) is 5.97 Å². The Bertz CT molecular complexity index is 712. The number of unbranched alkanes of at least 4 members (excludes halogenated alkanes) is 22. The number of benzene rings is 1. The second-order valence-corrected chi connectivity index (χ2v) is 12.6. The topological polar surface area (TPSA) is 80.3 Å². The second kappa shape index (κ2) is 47.1. The average molecular weight is 764 g/mol. The summed E-state index contributed by atoms with van der Waals surface area (Å²) in [6, 6.07) is 6.89. The molecule has 0 unspecified atom stereocenters. The van der Waals surface area contributed by atoms with Crippen LogP contribution in [0.3, 0.4) is 0 Å². The normalized spacial score (nSPS) is 9.91. The van der Waals surface area contributed by atoms with Crippen molar-refractivity contribution in [3.63, 3.8) is 0 Å². The Morgan fingerprint density at radius 3 is 1.04 bits per heavy atom. The van der Waals surface area contributed by atoms with Crippen LogP contribution in [-0.2, 0) is 11.2 Å². The van der Waals surface area contributed by atoms with Gasteiger partial charge >= 0.3 is 23.9 Å². The van der Waals surface area contributed by atoms with Crippen LogP contribution in [0.2, 0.25) is 0 Å². The number of carboxylic acids is 2. The van der Waals surface area contributed by atoms with Gasteiger partial charge in [0.25, 0.3) is 0 Å². The van der Waals surface area contributed by atoms with E-state index in [4.69, 9.17) is 0 Å². The molecule has 4 nitrogen and oxygen atoms in total. The SMILES string of the molecule is CCCCCCCCCCCCCCCCCCCCCCC(=O)[O-].CCCCc1ccc(C(=O)[O-])cc1.[CH2]CCC.[CH2]CCC.[Sn+2]. The zero-order valence-electron chi connectivity index (χ0n) is 31.7. The minimum Gasteiger partial charge on any atom is -0.550 e. The number of rotatable bonds is 27. The van der Waals surface area contributed by atoms with E-state index in [2.05, 4.69) is 41.5 Å². The molecule has 0 heterocycles. The summed E-state index contributed by atoms with van der Waals surface area (Å²) in [5, 5.41) is 20.7. The monoisotopic (exact) mass is 764 g/mol. The van der Waals surface area contributed by atoms with E-state index in [0.29, 0.717) is 0 Å². The van der Waals surface area contributed by atoms with Crippen molar-refractivity contribution < 1.29 is 19.8 Å². The number of carbonyl (C=O) groups excluding carboxylic acids is 2. The van der Waals surface area contributed by atoms with Crippen LogP contribution < -0.4 is 10.2 Å². The van der Waals surface area contributed by atoms with Crippen LogP contribution in [-0.4, -0.2) is 35.8 Å². The van der Waals surface area contributed by atoms with E-state index in [1.54, 1.807) is 12.1 Å². The first-order valence-electron chi connectivity index (χ1n) is 19.4. The van der Waals surface area contributed by atoms with Crippen molar-refractivity contribution in [3.05, 3.63) is 49.2 Å². The van der Waals surface area contributed by atoms with Gasteiger partial charge < -0.3 is 19.8 Å². The van der Waals surface area contributed by atoms with Crippen molar-refractivity contribution in [2.45, 2.75) is 207 Å². The summed E-state index contributed by atoms with van der Waals surface area (Å²) in [5.74, 6) is -2.01. The van der Waals surface area contributed by atoms with Gasteiger partial charge in [-0.15, -0.1) is 0 Å². The zero-order chi connectivity index (χ0) is 34.9. The smallest absolute Gasteiger partial charge is 0.550 e. The summed E-state index contributed by atoms with van der Waals surface area (Å²) in [6.07, 6.45) is 35.1. The Morgan fingerprint density at radius 2 is 0.787 bits per heavy atom. The van der Waals surface area contributed by atoms with E-state index >= 15 is 0 Å². The summed E-state index contributed by atoms with van der Waals surface area (Å²) in [6.45, 7) is 15.9. The second-order valence-electron chi connectivity index (χ2n) is 12.6. The molecule has 1 aromatic rings. The number of aliphatic carboxylic acids is 1. The first-order valence-corrected chi connectivity index (χ1v) is 19.4. The number of aromatic carboxylic acids is 1. The maximum Gasteiger partial charge on any atom is 2.00 e. The molecule has 0 saturated carbocycles. The van der Waals surface area contributed by atoms with Crippen LogP contribution in [0.15, 0.2) is 24.3 Å². The Morgan fingerprint density at radius 1 is 0.489 bits per heavy atom. The fraction of sp³-hybridized carbons (Fsp3) is 0.762. The van der Waals surface area contributed by atoms with Crippen molar-refractivity contribution in [1.29, 1.82) is 0 Å². The largest absolute Gasteiger partial charge is 2.00 e. The molecular formula is C42H76O4Sn. The van der Waals surface area contributed by atoms with E-state index < -0.39 is 11.9 Å². The number of carboxylic acid groups (broad SMARTS) is 2. The van der Waals surface area contributed by atoms with Gasteiger partial charge in [0.1, 0.15) is 0 Å². The molecule has 0 spiro atoms. The van der Waals surface area contributed by atoms with Gasteiger partial charge in [0.15, 0.2) is 0 Å². The Hall–Kier alpha value is -1.04. The summed E-state index contributed by atoms with van der Waals surface area (Å²) >= 11 is 0. The molecule has 47 heavy (non-hydrogen) atoms. The number of carbonyl (C=O) groups is 2. The molecule has 4 radical (unpaired) electrons. The van der Waals surface area contributed by atoms with E-state index in [1.807, 2.05) is 12.1 Å². The van der Waals surface area contributed by atoms with Crippen molar-refractivity contribution in [2.24, 2.45) is 0 Å². The van der Waals surface area contributed by atoms with Crippen LogP contribution in [0.4, 0.5) is 0 Å². The van der Waals surface area contributed by atoms with E-state index in [9.17, 15) is 19.8 Å². The van der Waals surface area contributed by atoms with Gasteiger partial charge in [0.2, 0.25) is 0 Å². The first kappa shape index (κ1) is 52.8. The summed E-state index contributed by atoms with van der Waals surface area (Å²) in [4.78, 5) is 20.7. The van der Waals surface area contributed by atoms with Crippen LogP contribution in [0.5, 0.6) is 0 Å². The predicted molar refractivity (Wildman–Crippen MR) is 203 cm³/mol. The van der Waals surface area contributed by atoms with Crippen molar-refractivity contribution in [3.8, 4) is 0 Å². The van der Waals surface area contributed by atoms with Gasteiger partial charge in [-0.2, -0.15) is 0 Å². The molecule has 0 amide bonds. The fourth-order valence-electron chi connectivity index (χ4n) is 4.71. The molecule has 272 valence electrons. The van der Waals surface area contributed by atoms with E-state index in [1.165, 1.54) is 134 Å². The molecule has 0 aliphatic rings. The molecule has 0 aliphatic heterocycles. The number of aryl methyl sites for hydroxylation is 1. The maximum atomic E-state index is 10.4. The fourth-order valence-corrected chi connectivity index (χ4v) is 4.71. The van der Waals surface area contributed by atoms with E-state index in [0.717, 1.165) is 44.9 Å². The van der Waals surface area contributed by atoms with Gasteiger partial charge in [-0.1, -0.05) is 220 Å². The maximum absolute atomic E-state index is 10.4. The molecule has 0 aliphatic carbocycles. The number of hydrogen-bond donors (Lipinski definition) is 0. The third kappa shape index (κ3) is 49.5. The van der Waals surface area contributed by atoms with Crippen molar-refractivity contribution in [1.82, 2.24) is 0 Å². The summed E-state index contributed by atoms with van der Waals surface area (Å²) < 4.78 is 0. The molecule has 1 aromatic carbocycles. The third-order valence-electron chi connectivity index (χ3n) is 7.95. The molecule has 0 bridgehead atoms. The summed E-state index contributed by atoms with van der Waals surface area (Å²) in [5.41, 5.74) is 1.44. The Kier molecular flexibility index (Phi) is 52.9. The molecule has 0 fully saturated rings. The standard InChI is InChI=1S/C23H46O2.C11H14O2.2C4H9.Sn/c1-2-3-4-5-6-7-8-9-10-11-12-13-14-15-16-17-18-19-20-21-22-23(24)25;1-2-3-4-9-5-7-10(8-6-9)11(12)13;2*1-3-4-2;/h2-22H2,1H3,(H,24,25);5-8H,2-4H2,1H3,(H,12,13);2*1,3-4H2,2H3;/q;;;;+2/p-2. The molecule has 1 rings (SSSR count). The minimum absolute atomic E-state index is 0. The van der Waals surface area contributed by atoms with Crippen LogP contribution >= 0.6 is 0 Å². The van der Waals surface area contributed by atoms with Gasteiger partial charge in [-0.05, 0) is 36.8 Å². The van der Waals surface area contributed by atoms with Crippen LogP contribution in [0, 0.1) is 13.8 Å². The average Bonchev–Trinajstić information content (AvgIpc) is 3.07. The quantitative estimate of drug-likeness (QED) is 0.0660. The molecule has 0 aromatic heterocycles. The van der Waals surface area contributed by atoms with Gasteiger partial charge in [-0.3, -0.25) is 0 Å². The predicted octanol–water partition coefficient (Wildman–Crippen LogP) is 11.2. The zero-order valence-corrected chi connectivity index (χ0v) is 34.5. The van der Waals surface area contributed by atoms with Crippen molar-refractivity contribution >= 4 is 35.8 Å². The first-order chi connectivity index (χ1) is 22.3. The van der Waals surface area contributed by atoms with E-state index in [-0.39, 0.29) is 35.9 Å². The number of hydrogen-bond acceptors (Lipinski definition) is 4. The van der Waals surface area contributed by atoms with Crippen LogP contribution in [0.1, 0.15) is 217 Å². The van der Waals surface area contributed by atoms with Crippen molar-refractivity contribution in [2.75, 3.05) is 0 Å². The molecule has 0 N–H and O–H groups in total. The van der Waals surface area contributed by atoms with Gasteiger partial charge in [0.05, 0.1) is 5.97 Å². The molecule has 0 saturated heterocycles. The molecule has 5 heteroatoms. The minimum atomic E-state index is -1.11. The van der Waals surface area contributed by atoms with Crippen LogP contribution in [0.25, 0.3) is 0 Å².